The van der Waals surface area contributed by atoms with Crippen LogP contribution in [0, 0.1) is 5.92 Å². The number of para-hydroxylation sites is 1. The number of carboxylic acids is 1. The number of fused-ring (bicyclic) bond motifs is 1. The van der Waals surface area contributed by atoms with Crippen molar-refractivity contribution in [3.05, 3.63) is 56.5 Å². The fraction of sp³-hybridized carbons (Fsp3) is 0.375. The van der Waals surface area contributed by atoms with Gasteiger partial charge in [0.25, 0.3) is 0 Å². The molecule has 2 aromatic rings. The number of amides is 3. The Morgan fingerprint density at radius 1 is 1.15 bits per heavy atom. The summed E-state index contributed by atoms with van der Waals surface area (Å²) >= 11 is 6.76. The largest absolute Gasteiger partial charge is 0.481 e. The molecule has 3 amide bonds. The van der Waals surface area contributed by atoms with Crippen LogP contribution >= 0.6 is 31.9 Å². The molecule has 2 heterocycles. The number of rotatable bonds is 6. The van der Waals surface area contributed by atoms with Gasteiger partial charge < -0.3 is 26.0 Å². The van der Waals surface area contributed by atoms with Gasteiger partial charge in [0.1, 0.15) is 0 Å². The van der Waals surface area contributed by atoms with E-state index in [0.29, 0.717) is 47.1 Å². The van der Waals surface area contributed by atoms with Gasteiger partial charge in [0.15, 0.2) is 0 Å². The maximum Gasteiger partial charge on any atom is 0.322 e. The Morgan fingerprint density at radius 2 is 1.79 bits per heavy atom. The highest BCUT2D eigenvalue weighted by Crippen LogP contribution is 2.31. The van der Waals surface area contributed by atoms with Crippen LogP contribution in [0.2, 0.25) is 0 Å². The van der Waals surface area contributed by atoms with E-state index in [1.165, 1.54) is 0 Å². The van der Waals surface area contributed by atoms with E-state index in [2.05, 4.69) is 37.2 Å². The summed E-state index contributed by atoms with van der Waals surface area (Å²) in [5, 5.41) is 12.7. The number of carbonyl (C=O) groups is 3. The van der Waals surface area contributed by atoms with Crippen molar-refractivity contribution < 1.29 is 19.5 Å². The van der Waals surface area contributed by atoms with Crippen molar-refractivity contribution >= 4 is 61.1 Å². The lowest BCUT2D eigenvalue weighted by Crippen LogP contribution is -2.51. The number of carbonyl (C=O) groups excluding carboxylic acids is 2. The quantitative estimate of drug-likeness (QED) is 0.428. The second-order valence-electron chi connectivity index (χ2n) is 8.74. The molecule has 0 aromatic heterocycles. The van der Waals surface area contributed by atoms with Gasteiger partial charge in [-0.25, -0.2) is 4.79 Å². The number of hydrogen-bond donors (Lipinski definition) is 3. The van der Waals surface area contributed by atoms with E-state index in [4.69, 9.17) is 5.73 Å². The van der Waals surface area contributed by atoms with E-state index in [1.54, 1.807) is 17.0 Å². The molecule has 4 N–H and O–H groups in total. The summed E-state index contributed by atoms with van der Waals surface area (Å²) in [6, 6.07) is 11.2. The smallest absolute Gasteiger partial charge is 0.322 e. The fourth-order valence-corrected chi connectivity index (χ4v) is 5.85. The van der Waals surface area contributed by atoms with Gasteiger partial charge in [-0.15, -0.1) is 0 Å². The van der Waals surface area contributed by atoms with Crippen LogP contribution in [0.4, 0.5) is 16.2 Å². The number of likely N-dealkylation sites (tertiary alicyclic amines) is 1. The van der Waals surface area contributed by atoms with Gasteiger partial charge in [0.05, 0.1) is 11.6 Å². The minimum absolute atomic E-state index is 0.0390. The number of halogens is 2. The van der Waals surface area contributed by atoms with Crippen molar-refractivity contribution in [3.8, 4) is 0 Å². The Hall–Kier alpha value is -2.59. The van der Waals surface area contributed by atoms with Crippen molar-refractivity contribution in [2.24, 2.45) is 5.92 Å². The van der Waals surface area contributed by atoms with Crippen LogP contribution in [-0.2, 0) is 22.6 Å². The highest BCUT2D eigenvalue weighted by molar-refractivity contribution is 9.11. The molecule has 0 aliphatic carbocycles. The molecule has 0 unspecified atom stereocenters. The molecule has 180 valence electrons. The van der Waals surface area contributed by atoms with Crippen LogP contribution in [-0.4, -0.2) is 51.9 Å². The molecule has 0 spiro atoms. The molecule has 34 heavy (non-hydrogen) atoms. The van der Waals surface area contributed by atoms with Gasteiger partial charge in [-0.1, -0.05) is 18.2 Å². The molecule has 0 radical (unpaired) electrons. The van der Waals surface area contributed by atoms with Crippen molar-refractivity contribution in [2.75, 3.05) is 24.1 Å². The minimum atomic E-state index is -1.00. The molecule has 1 fully saturated rings. The topological polar surface area (TPSA) is 116 Å². The third kappa shape index (κ3) is 5.38. The lowest BCUT2D eigenvalue weighted by Gasteiger charge is -2.40. The number of urea groups is 1. The molecule has 0 bridgehead atoms. The molecule has 2 aliphatic rings. The second kappa shape index (κ2) is 10.4. The summed E-state index contributed by atoms with van der Waals surface area (Å²) in [4.78, 5) is 41.0. The Bertz CT molecular complexity index is 1090. The first-order chi connectivity index (χ1) is 16.2. The lowest BCUT2D eigenvalue weighted by atomic mass is 9.94. The monoisotopic (exact) mass is 592 g/mol. The van der Waals surface area contributed by atoms with E-state index in [9.17, 15) is 19.5 Å². The highest BCUT2D eigenvalue weighted by Gasteiger charge is 2.33. The lowest BCUT2D eigenvalue weighted by molar-refractivity contribution is -0.146. The van der Waals surface area contributed by atoms with Crippen molar-refractivity contribution in [1.82, 2.24) is 9.80 Å². The zero-order valence-electron chi connectivity index (χ0n) is 18.5. The number of piperidine rings is 1. The number of nitrogens with two attached hydrogens (primary N) is 1. The van der Waals surface area contributed by atoms with E-state index in [-0.39, 0.29) is 30.8 Å². The van der Waals surface area contributed by atoms with Crippen LogP contribution in [0.3, 0.4) is 0 Å². The summed E-state index contributed by atoms with van der Waals surface area (Å²) in [5.74, 6) is -2.01. The summed E-state index contributed by atoms with van der Waals surface area (Å²) in [6.45, 7) is 1.55. The van der Waals surface area contributed by atoms with Crippen LogP contribution in [0.1, 0.15) is 30.4 Å². The molecular weight excluding hydrogens is 568 g/mol. The number of nitrogens with zero attached hydrogens (tertiary/aromatic N) is 2. The molecular formula is C24H26Br2N4O4. The van der Waals surface area contributed by atoms with Gasteiger partial charge in [-0.3, -0.25) is 9.59 Å². The number of benzene rings is 2. The van der Waals surface area contributed by atoms with Crippen LogP contribution in [0.5, 0.6) is 0 Å². The zero-order chi connectivity index (χ0) is 24.4. The van der Waals surface area contributed by atoms with Crippen molar-refractivity contribution in [1.29, 1.82) is 0 Å². The summed E-state index contributed by atoms with van der Waals surface area (Å²) < 4.78 is 1.36. The molecule has 4 rings (SSSR count). The predicted octanol–water partition coefficient (Wildman–Crippen LogP) is 4.47. The number of carboxylic acid groups (broad SMARTS) is 1. The third-order valence-corrected chi connectivity index (χ3v) is 7.82. The Balaban J connectivity index is 1.34. The van der Waals surface area contributed by atoms with E-state index >= 15 is 0 Å². The van der Waals surface area contributed by atoms with Crippen LogP contribution < -0.4 is 11.1 Å². The van der Waals surface area contributed by atoms with E-state index in [0.717, 1.165) is 16.8 Å². The Labute approximate surface area is 214 Å². The molecule has 2 aromatic carbocycles. The van der Waals surface area contributed by atoms with E-state index < -0.39 is 11.9 Å². The fourth-order valence-electron chi connectivity index (χ4n) is 4.57. The SMILES string of the molecule is Nc1c(Br)cc(C[C@@H](CC(=O)N2CCC(N3Cc4ccccc4NC3=O)CC2)C(=O)O)cc1Br. The zero-order valence-corrected chi connectivity index (χ0v) is 21.6. The maximum absolute atomic E-state index is 12.9. The van der Waals surface area contributed by atoms with Gasteiger partial charge in [-0.2, -0.15) is 0 Å². The number of aliphatic carboxylic acids is 1. The summed E-state index contributed by atoms with van der Waals surface area (Å²) in [5.41, 5.74) is 9.16. The second-order valence-corrected chi connectivity index (χ2v) is 10.5. The molecule has 1 saturated heterocycles. The first-order valence-electron chi connectivity index (χ1n) is 11.1. The van der Waals surface area contributed by atoms with Gasteiger partial charge in [-0.05, 0) is 80.4 Å². The van der Waals surface area contributed by atoms with E-state index in [1.807, 2.05) is 29.2 Å². The number of hydrogen-bond acceptors (Lipinski definition) is 4. The summed E-state index contributed by atoms with van der Waals surface area (Å²) in [7, 11) is 0. The standard InChI is InChI=1S/C24H26Br2N4O4/c25-18-10-14(11-19(26)22(18)27)9-16(23(32)33)12-21(31)29-7-5-17(6-8-29)30-13-15-3-1-2-4-20(15)28-24(30)34/h1-4,10-11,16-17H,5-9,12-13,27H2,(H,28,34)(H,32,33)/t16-/m0/s1. The maximum atomic E-state index is 12.9. The van der Waals surface area contributed by atoms with Crippen molar-refractivity contribution in [3.63, 3.8) is 0 Å². The molecule has 10 heteroatoms. The van der Waals surface area contributed by atoms with Gasteiger partial charge in [0.2, 0.25) is 5.91 Å². The molecule has 8 nitrogen and oxygen atoms in total. The average molecular weight is 594 g/mol. The third-order valence-electron chi connectivity index (χ3n) is 6.51. The number of nitrogen functional groups attached to an aromatic ring is 1. The first kappa shape index (κ1) is 24.5. The first-order valence-corrected chi connectivity index (χ1v) is 12.7. The number of nitrogens with one attached hydrogen (secondary N) is 1. The normalized spacial score (nSPS) is 17.2. The molecule has 1 atom stereocenters. The van der Waals surface area contributed by atoms with Crippen LogP contribution in [0.15, 0.2) is 45.3 Å². The Kier molecular flexibility index (Phi) is 7.47. The summed E-state index contributed by atoms with van der Waals surface area (Å²) in [6.07, 6.45) is 1.48. The molecule has 2 aliphatic heterocycles. The average Bonchev–Trinajstić information content (AvgIpc) is 2.81. The predicted molar refractivity (Wildman–Crippen MR) is 136 cm³/mol. The molecule has 0 saturated carbocycles. The van der Waals surface area contributed by atoms with Crippen LogP contribution in [0.25, 0.3) is 0 Å². The van der Waals surface area contributed by atoms with Gasteiger partial charge >= 0.3 is 12.0 Å². The Morgan fingerprint density at radius 3 is 2.44 bits per heavy atom. The number of anilines is 2. The highest BCUT2D eigenvalue weighted by atomic mass is 79.9. The van der Waals surface area contributed by atoms with Crippen molar-refractivity contribution in [2.45, 2.75) is 38.3 Å². The van der Waals surface area contributed by atoms with Gasteiger partial charge in [0, 0.05) is 46.7 Å². The minimum Gasteiger partial charge on any atom is -0.481 e.